The van der Waals surface area contributed by atoms with Gasteiger partial charge in [-0.3, -0.25) is 14.4 Å². The van der Waals surface area contributed by atoms with E-state index in [1.54, 1.807) is 0 Å². The lowest BCUT2D eigenvalue weighted by Gasteiger charge is -2.18. The Morgan fingerprint density at radius 1 is 0.328 bits per heavy atom. The molecular weight excluding hydrogens is 757 g/mol. The van der Waals surface area contributed by atoms with Gasteiger partial charge in [0.25, 0.3) is 0 Å². The van der Waals surface area contributed by atoms with Gasteiger partial charge in [0.1, 0.15) is 13.2 Å². The van der Waals surface area contributed by atoms with E-state index in [0.717, 1.165) is 63.7 Å². The van der Waals surface area contributed by atoms with Gasteiger partial charge in [0.2, 0.25) is 0 Å². The lowest BCUT2D eigenvalue weighted by atomic mass is 9.99. The first-order chi connectivity index (χ1) is 29.9. The first-order valence-electron chi connectivity index (χ1n) is 27.4. The van der Waals surface area contributed by atoms with Crippen LogP contribution in [0.1, 0.15) is 310 Å². The molecule has 1 unspecified atom stereocenters. The second-order valence-corrected chi connectivity index (χ2v) is 19.1. The summed E-state index contributed by atoms with van der Waals surface area (Å²) in [7, 11) is 0. The minimum atomic E-state index is -0.761. The standard InChI is InChI=1S/C55H106O6/c1-5-8-10-12-14-16-18-20-21-22-23-24-26-32-36-40-44-48-55(58)61-52(49-59-53(56)46-42-38-34-30-25-19-17-15-13-11-9-6-2)50-60-54(57)47-43-39-35-31-28-27-29-33-37-41-45-51(4)7-3/h51-52H,5-50H2,1-4H3/t51?,52-/m0/s1. The summed E-state index contributed by atoms with van der Waals surface area (Å²) >= 11 is 0. The normalized spacial score (nSPS) is 12.4. The maximum absolute atomic E-state index is 12.8. The summed E-state index contributed by atoms with van der Waals surface area (Å²) in [5, 5.41) is 0. The third-order valence-electron chi connectivity index (χ3n) is 12.9. The van der Waals surface area contributed by atoms with Crippen LogP contribution in [0, 0.1) is 5.92 Å². The molecule has 0 aromatic rings. The van der Waals surface area contributed by atoms with Crippen LogP contribution in [0.5, 0.6) is 0 Å². The summed E-state index contributed by atoms with van der Waals surface area (Å²) in [6, 6.07) is 0. The van der Waals surface area contributed by atoms with E-state index in [2.05, 4.69) is 27.7 Å². The second kappa shape index (κ2) is 49.4. The Labute approximate surface area is 380 Å². The van der Waals surface area contributed by atoms with E-state index in [1.165, 1.54) is 205 Å². The molecule has 0 aliphatic carbocycles. The molecule has 0 saturated carbocycles. The van der Waals surface area contributed by atoms with E-state index in [9.17, 15) is 14.4 Å². The summed E-state index contributed by atoms with van der Waals surface area (Å²) in [5.41, 5.74) is 0. The fourth-order valence-corrected chi connectivity index (χ4v) is 8.36. The fourth-order valence-electron chi connectivity index (χ4n) is 8.36. The van der Waals surface area contributed by atoms with Crippen molar-refractivity contribution in [1.82, 2.24) is 0 Å². The number of carbonyl (C=O) groups is 3. The van der Waals surface area contributed by atoms with Gasteiger partial charge in [-0.1, -0.05) is 272 Å². The zero-order valence-electron chi connectivity index (χ0n) is 41.6. The highest BCUT2D eigenvalue weighted by Crippen LogP contribution is 2.18. The van der Waals surface area contributed by atoms with Gasteiger partial charge in [0.15, 0.2) is 6.10 Å². The van der Waals surface area contributed by atoms with Crippen LogP contribution in [0.3, 0.4) is 0 Å². The highest BCUT2D eigenvalue weighted by molar-refractivity contribution is 5.71. The Morgan fingerprint density at radius 2 is 0.574 bits per heavy atom. The molecule has 6 heteroatoms. The Balaban J connectivity index is 4.30. The van der Waals surface area contributed by atoms with Gasteiger partial charge in [0.05, 0.1) is 0 Å². The molecule has 0 aromatic carbocycles. The Hall–Kier alpha value is -1.59. The number of esters is 3. The monoisotopic (exact) mass is 863 g/mol. The average molecular weight is 863 g/mol. The smallest absolute Gasteiger partial charge is 0.306 e. The average Bonchev–Trinajstić information content (AvgIpc) is 3.26. The van der Waals surface area contributed by atoms with Gasteiger partial charge >= 0.3 is 17.9 Å². The van der Waals surface area contributed by atoms with Gasteiger partial charge in [0, 0.05) is 19.3 Å². The van der Waals surface area contributed by atoms with Crippen LogP contribution in [-0.4, -0.2) is 37.2 Å². The molecule has 0 rings (SSSR count). The maximum Gasteiger partial charge on any atom is 0.306 e. The van der Waals surface area contributed by atoms with Crippen LogP contribution in [0.4, 0.5) is 0 Å². The second-order valence-electron chi connectivity index (χ2n) is 19.1. The zero-order chi connectivity index (χ0) is 44.5. The predicted octanol–water partition coefficient (Wildman–Crippen LogP) is 17.8. The van der Waals surface area contributed by atoms with Gasteiger partial charge in [-0.15, -0.1) is 0 Å². The molecule has 0 radical (unpaired) electrons. The van der Waals surface area contributed by atoms with Gasteiger partial charge in [-0.2, -0.15) is 0 Å². The third kappa shape index (κ3) is 47.7. The SMILES string of the molecule is CCCCCCCCCCCCCCCCCCCC(=O)O[C@@H](COC(=O)CCCCCCCCCCCCCC)COC(=O)CCCCCCCCCCCCC(C)CC. The highest BCUT2D eigenvalue weighted by Gasteiger charge is 2.19. The molecule has 0 saturated heterocycles. The van der Waals surface area contributed by atoms with Crippen molar-refractivity contribution in [2.24, 2.45) is 5.92 Å². The maximum atomic E-state index is 12.8. The molecule has 0 spiro atoms. The van der Waals surface area contributed by atoms with Crippen molar-refractivity contribution in [1.29, 1.82) is 0 Å². The van der Waals surface area contributed by atoms with Crippen molar-refractivity contribution in [3.05, 3.63) is 0 Å². The Bertz CT molecular complexity index is 920. The Kier molecular flexibility index (Phi) is 48.1. The molecule has 2 atom stereocenters. The molecule has 0 aliphatic heterocycles. The topological polar surface area (TPSA) is 78.9 Å². The molecule has 362 valence electrons. The van der Waals surface area contributed by atoms with E-state index in [0.29, 0.717) is 19.3 Å². The van der Waals surface area contributed by atoms with E-state index in [1.807, 2.05) is 0 Å². The minimum absolute atomic E-state index is 0.0625. The molecule has 0 amide bonds. The number of carbonyl (C=O) groups excluding carboxylic acids is 3. The number of unbranched alkanes of at least 4 members (excludes halogenated alkanes) is 36. The lowest BCUT2D eigenvalue weighted by molar-refractivity contribution is -0.167. The quantitative estimate of drug-likeness (QED) is 0.0344. The summed E-state index contributed by atoms with van der Waals surface area (Å²) in [6.45, 7) is 9.06. The molecule has 61 heavy (non-hydrogen) atoms. The molecule has 0 bridgehead atoms. The lowest BCUT2D eigenvalue weighted by Crippen LogP contribution is -2.30. The Morgan fingerprint density at radius 3 is 0.852 bits per heavy atom. The number of hydrogen-bond donors (Lipinski definition) is 0. The zero-order valence-corrected chi connectivity index (χ0v) is 41.6. The minimum Gasteiger partial charge on any atom is -0.462 e. The van der Waals surface area contributed by atoms with Crippen LogP contribution < -0.4 is 0 Å². The largest absolute Gasteiger partial charge is 0.462 e. The van der Waals surface area contributed by atoms with Crippen LogP contribution in [-0.2, 0) is 28.6 Å². The van der Waals surface area contributed by atoms with Gasteiger partial charge < -0.3 is 14.2 Å². The number of ether oxygens (including phenoxy) is 3. The van der Waals surface area contributed by atoms with E-state index < -0.39 is 6.10 Å². The molecule has 0 fully saturated rings. The van der Waals surface area contributed by atoms with E-state index >= 15 is 0 Å². The van der Waals surface area contributed by atoms with Gasteiger partial charge in [-0.25, -0.2) is 0 Å². The van der Waals surface area contributed by atoms with Crippen LogP contribution >= 0.6 is 0 Å². The molecular formula is C55H106O6. The van der Waals surface area contributed by atoms with Crippen molar-refractivity contribution < 1.29 is 28.6 Å². The summed E-state index contributed by atoms with van der Waals surface area (Å²) < 4.78 is 16.8. The highest BCUT2D eigenvalue weighted by atomic mass is 16.6. The summed E-state index contributed by atoms with van der Waals surface area (Å²) in [4.78, 5) is 38.0. The molecule has 0 N–H and O–H groups in total. The fraction of sp³-hybridized carbons (Fsp3) is 0.945. The van der Waals surface area contributed by atoms with Gasteiger partial charge in [-0.05, 0) is 25.2 Å². The van der Waals surface area contributed by atoms with Crippen molar-refractivity contribution in [2.75, 3.05) is 13.2 Å². The van der Waals surface area contributed by atoms with E-state index in [-0.39, 0.29) is 31.1 Å². The van der Waals surface area contributed by atoms with Crippen molar-refractivity contribution in [3.63, 3.8) is 0 Å². The first-order valence-corrected chi connectivity index (χ1v) is 27.4. The van der Waals surface area contributed by atoms with Crippen molar-refractivity contribution in [2.45, 2.75) is 316 Å². The molecule has 0 aliphatic rings. The molecule has 0 aromatic heterocycles. The van der Waals surface area contributed by atoms with Crippen molar-refractivity contribution >= 4 is 17.9 Å². The summed E-state index contributed by atoms with van der Waals surface area (Å²) in [5.74, 6) is 0.0292. The first kappa shape index (κ1) is 59.4. The summed E-state index contributed by atoms with van der Waals surface area (Å²) in [6.07, 6.45) is 52.2. The molecule has 6 nitrogen and oxygen atoms in total. The number of hydrogen-bond acceptors (Lipinski definition) is 6. The van der Waals surface area contributed by atoms with Crippen LogP contribution in [0.2, 0.25) is 0 Å². The molecule has 0 heterocycles. The van der Waals surface area contributed by atoms with Crippen LogP contribution in [0.25, 0.3) is 0 Å². The van der Waals surface area contributed by atoms with E-state index in [4.69, 9.17) is 14.2 Å². The predicted molar refractivity (Wildman–Crippen MR) is 261 cm³/mol. The van der Waals surface area contributed by atoms with Crippen LogP contribution in [0.15, 0.2) is 0 Å². The van der Waals surface area contributed by atoms with Crippen molar-refractivity contribution in [3.8, 4) is 0 Å². The third-order valence-corrected chi connectivity index (χ3v) is 12.9. The number of rotatable bonds is 50.